The van der Waals surface area contributed by atoms with Crippen LogP contribution in [0.4, 0.5) is 4.39 Å². The minimum Gasteiger partial charge on any atom is -0.356 e. The number of hydrogen-bond donors (Lipinski definition) is 2. The van der Waals surface area contributed by atoms with Gasteiger partial charge in [-0.1, -0.05) is 12.1 Å². The van der Waals surface area contributed by atoms with Crippen molar-refractivity contribution >= 4 is 5.96 Å². The van der Waals surface area contributed by atoms with E-state index in [4.69, 9.17) is 0 Å². The van der Waals surface area contributed by atoms with E-state index in [1.165, 1.54) is 12.1 Å². The van der Waals surface area contributed by atoms with Crippen LogP contribution in [0.1, 0.15) is 32.3 Å². The number of likely N-dealkylation sites (tertiary alicyclic amines) is 1. The van der Waals surface area contributed by atoms with Gasteiger partial charge in [-0.25, -0.2) is 4.39 Å². The Balaban J connectivity index is 1.70. The summed E-state index contributed by atoms with van der Waals surface area (Å²) in [6.07, 6.45) is 3.15. The van der Waals surface area contributed by atoms with Gasteiger partial charge in [0, 0.05) is 38.8 Å². The van der Waals surface area contributed by atoms with E-state index in [0.717, 1.165) is 50.4 Å². The second-order valence-electron chi connectivity index (χ2n) is 6.42. The minimum atomic E-state index is -0.188. The second kappa shape index (κ2) is 8.87. The van der Waals surface area contributed by atoms with E-state index in [2.05, 4.69) is 34.4 Å². The SMILES string of the molecule is CN=C(NCCc1ccc(F)cc1)NC1CCN(C(C)C)CC1. The highest BCUT2D eigenvalue weighted by atomic mass is 19.1. The Morgan fingerprint density at radius 3 is 2.48 bits per heavy atom. The average molecular weight is 320 g/mol. The molecule has 4 nitrogen and oxygen atoms in total. The number of nitrogens with one attached hydrogen (secondary N) is 2. The lowest BCUT2D eigenvalue weighted by molar-refractivity contribution is 0.167. The second-order valence-corrected chi connectivity index (χ2v) is 6.42. The molecule has 1 aliphatic heterocycles. The van der Waals surface area contributed by atoms with Gasteiger partial charge >= 0.3 is 0 Å². The van der Waals surface area contributed by atoms with Crippen LogP contribution in [0.2, 0.25) is 0 Å². The first kappa shape index (κ1) is 17.7. The summed E-state index contributed by atoms with van der Waals surface area (Å²) < 4.78 is 12.9. The van der Waals surface area contributed by atoms with Gasteiger partial charge in [-0.2, -0.15) is 0 Å². The van der Waals surface area contributed by atoms with Crippen molar-refractivity contribution in [1.29, 1.82) is 0 Å². The van der Waals surface area contributed by atoms with E-state index in [1.54, 1.807) is 7.05 Å². The molecule has 1 aliphatic rings. The maximum Gasteiger partial charge on any atom is 0.191 e. The molecule has 2 rings (SSSR count). The Hall–Kier alpha value is -1.62. The molecule has 23 heavy (non-hydrogen) atoms. The van der Waals surface area contributed by atoms with Crippen LogP contribution in [0.15, 0.2) is 29.3 Å². The van der Waals surface area contributed by atoms with Crippen LogP contribution in [-0.4, -0.2) is 49.6 Å². The highest BCUT2D eigenvalue weighted by Gasteiger charge is 2.21. The van der Waals surface area contributed by atoms with Gasteiger partial charge in [-0.15, -0.1) is 0 Å². The van der Waals surface area contributed by atoms with Gasteiger partial charge in [0.15, 0.2) is 5.96 Å². The third kappa shape index (κ3) is 5.82. The molecule has 1 saturated heterocycles. The van der Waals surface area contributed by atoms with E-state index in [1.807, 2.05) is 12.1 Å². The summed E-state index contributed by atoms with van der Waals surface area (Å²) >= 11 is 0. The minimum absolute atomic E-state index is 0.188. The fraction of sp³-hybridized carbons (Fsp3) is 0.611. The Bertz CT molecular complexity index is 490. The van der Waals surface area contributed by atoms with Crippen LogP contribution >= 0.6 is 0 Å². The molecule has 0 amide bonds. The quantitative estimate of drug-likeness (QED) is 0.646. The average Bonchev–Trinajstić information content (AvgIpc) is 2.56. The number of piperidine rings is 1. The highest BCUT2D eigenvalue weighted by molar-refractivity contribution is 5.79. The van der Waals surface area contributed by atoms with Crippen molar-refractivity contribution in [3.8, 4) is 0 Å². The normalized spacial score (nSPS) is 17.5. The third-order valence-corrected chi connectivity index (χ3v) is 4.44. The predicted molar refractivity (Wildman–Crippen MR) is 94.3 cm³/mol. The van der Waals surface area contributed by atoms with Crippen LogP contribution in [0.25, 0.3) is 0 Å². The molecule has 5 heteroatoms. The van der Waals surface area contributed by atoms with Crippen molar-refractivity contribution in [3.05, 3.63) is 35.6 Å². The molecule has 1 heterocycles. The number of hydrogen-bond acceptors (Lipinski definition) is 2. The van der Waals surface area contributed by atoms with Gasteiger partial charge in [0.2, 0.25) is 0 Å². The van der Waals surface area contributed by atoms with Crippen molar-refractivity contribution in [2.45, 2.75) is 45.2 Å². The van der Waals surface area contributed by atoms with E-state index < -0.39 is 0 Å². The van der Waals surface area contributed by atoms with Crippen LogP contribution in [0.5, 0.6) is 0 Å². The molecule has 0 bridgehead atoms. The monoisotopic (exact) mass is 320 g/mol. The van der Waals surface area contributed by atoms with Crippen molar-refractivity contribution in [3.63, 3.8) is 0 Å². The fourth-order valence-corrected chi connectivity index (χ4v) is 2.92. The van der Waals surface area contributed by atoms with Crippen LogP contribution in [-0.2, 0) is 6.42 Å². The Kier molecular flexibility index (Phi) is 6.84. The largest absolute Gasteiger partial charge is 0.356 e. The standard InChI is InChI=1S/C18H29FN4/c1-14(2)23-12-9-17(10-13-23)22-18(20-3)21-11-8-15-4-6-16(19)7-5-15/h4-7,14,17H,8-13H2,1-3H3,(H2,20,21,22). The van der Waals surface area contributed by atoms with Crippen LogP contribution < -0.4 is 10.6 Å². The number of benzene rings is 1. The Morgan fingerprint density at radius 1 is 1.26 bits per heavy atom. The van der Waals surface area contributed by atoms with Gasteiger partial charge in [0.25, 0.3) is 0 Å². The van der Waals surface area contributed by atoms with Gasteiger partial charge < -0.3 is 15.5 Å². The number of rotatable bonds is 5. The Morgan fingerprint density at radius 2 is 1.91 bits per heavy atom. The molecular formula is C18H29FN4. The van der Waals surface area contributed by atoms with Crippen molar-refractivity contribution < 1.29 is 4.39 Å². The predicted octanol–water partition coefficient (Wildman–Crippen LogP) is 2.41. The summed E-state index contributed by atoms with van der Waals surface area (Å²) in [7, 11) is 1.80. The maximum atomic E-state index is 12.9. The van der Waals surface area contributed by atoms with E-state index in [9.17, 15) is 4.39 Å². The third-order valence-electron chi connectivity index (χ3n) is 4.44. The number of aliphatic imine (C=N–C) groups is 1. The van der Waals surface area contributed by atoms with Gasteiger partial charge in [-0.05, 0) is 50.8 Å². The van der Waals surface area contributed by atoms with E-state index in [-0.39, 0.29) is 5.82 Å². The summed E-state index contributed by atoms with van der Waals surface area (Å²) in [6.45, 7) is 7.58. The van der Waals surface area contributed by atoms with Gasteiger partial charge in [-0.3, -0.25) is 4.99 Å². The van der Waals surface area contributed by atoms with Crippen LogP contribution in [0, 0.1) is 5.82 Å². The fourth-order valence-electron chi connectivity index (χ4n) is 2.92. The lowest BCUT2D eigenvalue weighted by atomic mass is 10.0. The smallest absolute Gasteiger partial charge is 0.191 e. The van der Waals surface area contributed by atoms with Gasteiger partial charge in [0.05, 0.1) is 0 Å². The number of guanidine groups is 1. The molecule has 0 unspecified atom stereocenters. The molecule has 0 saturated carbocycles. The highest BCUT2D eigenvalue weighted by Crippen LogP contribution is 2.12. The van der Waals surface area contributed by atoms with Crippen molar-refractivity contribution in [2.75, 3.05) is 26.7 Å². The first-order valence-corrected chi connectivity index (χ1v) is 8.54. The maximum absolute atomic E-state index is 12.9. The summed E-state index contributed by atoms with van der Waals surface area (Å²) in [4.78, 5) is 6.82. The lowest BCUT2D eigenvalue weighted by Crippen LogP contribution is -2.50. The lowest BCUT2D eigenvalue weighted by Gasteiger charge is -2.35. The molecule has 0 spiro atoms. The van der Waals surface area contributed by atoms with E-state index in [0.29, 0.717) is 12.1 Å². The molecule has 0 atom stereocenters. The Labute approximate surface area is 139 Å². The van der Waals surface area contributed by atoms with Crippen molar-refractivity contribution in [2.24, 2.45) is 4.99 Å². The molecule has 2 N–H and O–H groups in total. The zero-order valence-corrected chi connectivity index (χ0v) is 14.5. The molecular weight excluding hydrogens is 291 g/mol. The molecule has 0 radical (unpaired) electrons. The number of nitrogens with zero attached hydrogens (tertiary/aromatic N) is 2. The molecule has 1 aromatic rings. The molecule has 128 valence electrons. The molecule has 0 aromatic heterocycles. The molecule has 0 aliphatic carbocycles. The topological polar surface area (TPSA) is 39.7 Å². The summed E-state index contributed by atoms with van der Waals surface area (Å²) in [5.74, 6) is 0.669. The van der Waals surface area contributed by atoms with E-state index >= 15 is 0 Å². The zero-order valence-electron chi connectivity index (χ0n) is 14.5. The summed E-state index contributed by atoms with van der Waals surface area (Å²) in [6, 6.07) is 7.78. The van der Waals surface area contributed by atoms with Crippen LogP contribution in [0.3, 0.4) is 0 Å². The first-order valence-electron chi connectivity index (χ1n) is 8.54. The summed E-state index contributed by atoms with van der Waals surface area (Å²) in [5, 5.41) is 6.86. The first-order chi connectivity index (χ1) is 11.1. The zero-order chi connectivity index (χ0) is 16.7. The van der Waals surface area contributed by atoms with Crippen molar-refractivity contribution in [1.82, 2.24) is 15.5 Å². The number of halogens is 1. The molecule has 1 aromatic carbocycles. The summed E-state index contributed by atoms with van der Waals surface area (Å²) in [5.41, 5.74) is 1.12. The van der Waals surface area contributed by atoms with Gasteiger partial charge in [0.1, 0.15) is 5.82 Å². The molecule has 1 fully saturated rings.